The van der Waals surface area contributed by atoms with Crippen LogP contribution in [-0.2, 0) is 6.42 Å². The molecule has 0 aliphatic heterocycles. The Balaban J connectivity index is 3.22. The molecule has 1 heterocycles. The molecule has 0 spiro atoms. The lowest BCUT2D eigenvalue weighted by molar-refractivity contribution is 1.18. The predicted octanol–water partition coefficient (Wildman–Crippen LogP) is 3.89. The fourth-order valence-corrected chi connectivity index (χ4v) is 2.08. The van der Waals surface area contributed by atoms with Gasteiger partial charge >= 0.3 is 0 Å². The molecular weight excluding hydrogens is 216 g/mol. The third-order valence-electron chi connectivity index (χ3n) is 2.19. The first-order chi connectivity index (χ1) is 7.63. The third kappa shape index (κ3) is 2.49. The van der Waals surface area contributed by atoms with Gasteiger partial charge in [-0.1, -0.05) is 32.7 Å². The number of rotatable bonds is 5. The second-order valence-electron chi connectivity index (χ2n) is 3.25. The van der Waals surface area contributed by atoms with E-state index in [-0.39, 0.29) is 0 Å². The lowest BCUT2D eigenvalue weighted by atomic mass is 10.1. The molecule has 1 aromatic rings. The molecule has 0 saturated carbocycles. The van der Waals surface area contributed by atoms with E-state index in [0.717, 1.165) is 23.4 Å². The number of thiophene rings is 1. The second kappa shape index (κ2) is 5.47. The van der Waals surface area contributed by atoms with Gasteiger partial charge in [0.1, 0.15) is 5.69 Å². The topological polar surface area (TPSA) is 38.4 Å². The number of hydrogen-bond donors (Lipinski definition) is 1. The molecule has 2 nitrogen and oxygen atoms in total. The molecule has 0 atom stereocenters. The van der Waals surface area contributed by atoms with E-state index in [4.69, 9.17) is 5.73 Å². The van der Waals surface area contributed by atoms with Crippen LogP contribution in [0.1, 0.15) is 11.8 Å². The number of nitrogens with zero attached hydrogens (tertiary/aromatic N) is 1. The third-order valence-corrected chi connectivity index (χ3v) is 3.33. The summed E-state index contributed by atoms with van der Waals surface area (Å²) in [5, 5.41) is 1.91. The number of anilines is 1. The molecule has 1 rings (SSSR count). The van der Waals surface area contributed by atoms with Crippen LogP contribution in [0.4, 0.5) is 11.4 Å². The summed E-state index contributed by atoms with van der Waals surface area (Å²) in [5.41, 5.74) is 8.89. The molecule has 0 aliphatic rings. The van der Waals surface area contributed by atoms with Crippen LogP contribution in [0.15, 0.2) is 47.8 Å². The average molecular weight is 232 g/mol. The molecule has 0 fully saturated rings. The van der Waals surface area contributed by atoms with Crippen molar-refractivity contribution in [1.29, 1.82) is 0 Å². The fraction of sp³-hybridized carbons (Fsp3) is 0.154. The van der Waals surface area contributed by atoms with Gasteiger partial charge in [-0.25, -0.2) is 4.99 Å². The van der Waals surface area contributed by atoms with Crippen molar-refractivity contribution in [3.63, 3.8) is 0 Å². The summed E-state index contributed by atoms with van der Waals surface area (Å²) in [6.07, 6.45) is 4.25. The number of allylic oxidation sites excluding steroid dienone is 3. The number of hydrogen-bond acceptors (Lipinski definition) is 3. The van der Waals surface area contributed by atoms with Crippen LogP contribution in [0.25, 0.3) is 0 Å². The molecule has 0 aliphatic carbocycles. The Morgan fingerprint density at radius 3 is 2.69 bits per heavy atom. The van der Waals surface area contributed by atoms with E-state index >= 15 is 0 Å². The first-order valence-electron chi connectivity index (χ1n) is 5.02. The van der Waals surface area contributed by atoms with Crippen molar-refractivity contribution in [2.75, 3.05) is 5.73 Å². The minimum absolute atomic E-state index is 0.707. The highest BCUT2D eigenvalue weighted by atomic mass is 32.1. The molecule has 0 aromatic carbocycles. The largest absolute Gasteiger partial charge is 0.396 e. The Hall–Kier alpha value is -1.61. The monoisotopic (exact) mass is 232 g/mol. The molecule has 0 bridgehead atoms. The van der Waals surface area contributed by atoms with Gasteiger partial charge in [0.15, 0.2) is 0 Å². The van der Waals surface area contributed by atoms with Crippen molar-refractivity contribution in [1.82, 2.24) is 0 Å². The predicted molar refractivity (Wildman–Crippen MR) is 74.7 cm³/mol. The molecule has 0 unspecified atom stereocenters. The zero-order valence-corrected chi connectivity index (χ0v) is 10.3. The van der Waals surface area contributed by atoms with Crippen molar-refractivity contribution in [2.24, 2.45) is 4.99 Å². The molecule has 84 valence electrons. The van der Waals surface area contributed by atoms with Crippen LogP contribution >= 0.6 is 11.3 Å². The molecule has 0 amide bonds. The highest BCUT2D eigenvalue weighted by Gasteiger charge is 2.08. The van der Waals surface area contributed by atoms with Crippen LogP contribution in [0.2, 0.25) is 0 Å². The quantitative estimate of drug-likeness (QED) is 0.607. The van der Waals surface area contributed by atoms with E-state index in [2.05, 4.69) is 31.7 Å². The number of aryl methyl sites for hydroxylation is 1. The first kappa shape index (κ1) is 12.5. The van der Waals surface area contributed by atoms with Crippen molar-refractivity contribution in [3.8, 4) is 0 Å². The molecule has 1 aromatic heterocycles. The average Bonchev–Trinajstić information content (AvgIpc) is 2.66. The van der Waals surface area contributed by atoms with Crippen LogP contribution < -0.4 is 5.73 Å². The second-order valence-corrected chi connectivity index (χ2v) is 4.21. The number of nitrogens with two attached hydrogens (primary N) is 1. The van der Waals surface area contributed by atoms with Gasteiger partial charge in [0.05, 0.1) is 11.4 Å². The van der Waals surface area contributed by atoms with Crippen molar-refractivity contribution >= 4 is 28.4 Å². The standard InChI is InChI=1S/C13H16N2S/c1-5-9(4)11(6-2)15-13-10(14)8-16-12(13)7-3/h5-6,8H,1-2,4,7,14H2,3H3. The summed E-state index contributed by atoms with van der Waals surface area (Å²) < 4.78 is 0. The maximum absolute atomic E-state index is 5.88. The van der Waals surface area contributed by atoms with Crippen LogP contribution in [-0.4, -0.2) is 5.71 Å². The van der Waals surface area contributed by atoms with Crippen LogP contribution in [0, 0.1) is 0 Å². The van der Waals surface area contributed by atoms with Gasteiger partial charge in [0, 0.05) is 10.3 Å². The Morgan fingerprint density at radius 2 is 2.19 bits per heavy atom. The van der Waals surface area contributed by atoms with Gasteiger partial charge in [0.2, 0.25) is 0 Å². The minimum atomic E-state index is 0.707. The van der Waals surface area contributed by atoms with E-state index in [9.17, 15) is 0 Å². The first-order valence-corrected chi connectivity index (χ1v) is 5.90. The normalized spacial score (nSPS) is 11.2. The lowest BCUT2D eigenvalue weighted by Crippen LogP contribution is -1.95. The fourth-order valence-electron chi connectivity index (χ4n) is 1.26. The van der Waals surface area contributed by atoms with E-state index in [0.29, 0.717) is 5.69 Å². The summed E-state index contributed by atoms with van der Waals surface area (Å²) in [6.45, 7) is 13.3. The van der Waals surface area contributed by atoms with E-state index in [1.54, 1.807) is 23.5 Å². The van der Waals surface area contributed by atoms with Crippen molar-refractivity contribution < 1.29 is 0 Å². The molecule has 16 heavy (non-hydrogen) atoms. The highest BCUT2D eigenvalue weighted by molar-refractivity contribution is 7.11. The van der Waals surface area contributed by atoms with Gasteiger partial charge in [-0.05, 0) is 18.1 Å². The minimum Gasteiger partial charge on any atom is -0.396 e. The maximum Gasteiger partial charge on any atom is 0.100 e. The van der Waals surface area contributed by atoms with Crippen LogP contribution in [0.3, 0.4) is 0 Å². The lowest BCUT2D eigenvalue weighted by Gasteiger charge is -2.02. The summed E-state index contributed by atoms with van der Waals surface area (Å²) in [7, 11) is 0. The maximum atomic E-state index is 5.88. The molecular formula is C13H16N2S. The summed E-state index contributed by atoms with van der Waals surface area (Å²) in [5.74, 6) is 0. The van der Waals surface area contributed by atoms with Gasteiger partial charge in [-0.3, -0.25) is 0 Å². The SMILES string of the molecule is C=CC(=C)C(C=C)=Nc1c(N)csc1CC. The van der Waals surface area contributed by atoms with Gasteiger partial charge in [-0.2, -0.15) is 0 Å². The summed E-state index contributed by atoms with van der Waals surface area (Å²) in [6, 6.07) is 0. The smallest absolute Gasteiger partial charge is 0.100 e. The van der Waals surface area contributed by atoms with E-state index in [1.807, 2.05) is 5.38 Å². The number of nitrogen functional groups attached to an aromatic ring is 1. The highest BCUT2D eigenvalue weighted by Crippen LogP contribution is 2.34. The molecule has 0 saturated heterocycles. The van der Waals surface area contributed by atoms with Gasteiger partial charge in [0.25, 0.3) is 0 Å². The molecule has 3 heteroatoms. The Kier molecular flexibility index (Phi) is 4.26. The zero-order valence-electron chi connectivity index (χ0n) is 9.49. The Bertz CT molecular complexity index is 452. The van der Waals surface area contributed by atoms with Gasteiger partial charge < -0.3 is 5.73 Å². The van der Waals surface area contributed by atoms with E-state index < -0.39 is 0 Å². The molecule has 0 radical (unpaired) electrons. The van der Waals surface area contributed by atoms with Crippen molar-refractivity contribution in [2.45, 2.75) is 13.3 Å². The summed E-state index contributed by atoms with van der Waals surface area (Å²) in [4.78, 5) is 5.67. The van der Waals surface area contributed by atoms with Crippen molar-refractivity contribution in [3.05, 3.63) is 47.7 Å². The Labute approximate surface area is 101 Å². The van der Waals surface area contributed by atoms with Crippen LogP contribution in [0.5, 0.6) is 0 Å². The summed E-state index contributed by atoms with van der Waals surface area (Å²) >= 11 is 1.63. The zero-order chi connectivity index (χ0) is 12.1. The molecule has 2 N–H and O–H groups in total. The Morgan fingerprint density at radius 1 is 1.50 bits per heavy atom. The van der Waals surface area contributed by atoms with Gasteiger partial charge in [-0.15, -0.1) is 11.3 Å². The number of aliphatic imine (C=N–C) groups is 1. The van der Waals surface area contributed by atoms with E-state index in [1.165, 1.54) is 4.88 Å².